The predicted octanol–water partition coefficient (Wildman–Crippen LogP) is 2.73. The molecule has 1 heteroatoms. The molecule has 0 heterocycles. The van der Waals surface area contributed by atoms with Crippen LogP contribution in [0.2, 0.25) is 0 Å². The molecule has 0 aliphatic rings. The van der Waals surface area contributed by atoms with Gasteiger partial charge in [0.15, 0.2) is 0 Å². The highest BCUT2D eigenvalue weighted by Gasteiger charge is 1.70. The van der Waals surface area contributed by atoms with E-state index in [2.05, 4.69) is 31.3 Å². The molecule has 0 spiro atoms. The minimum atomic E-state index is 0.940. The van der Waals surface area contributed by atoms with Gasteiger partial charge in [-0.2, -0.15) is 0 Å². The van der Waals surface area contributed by atoms with Crippen molar-refractivity contribution < 1.29 is 0 Å². The lowest BCUT2D eigenvalue weighted by molar-refractivity contribution is 0.956. The van der Waals surface area contributed by atoms with Gasteiger partial charge in [0, 0.05) is 0 Å². The first-order valence-electron chi connectivity index (χ1n) is 3.00. The van der Waals surface area contributed by atoms with E-state index < -0.39 is 0 Å². The second-order valence-electron chi connectivity index (χ2n) is 1.66. The Kier molecular flexibility index (Phi) is 6.68. The number of hydrogen-bond donors (Lipinski definition) is 0. The van der Waals surface area contributed by atoms with Crippen LogP contribution in [0.15, 0.2) is 12.2 Å². The maximum atomic E-state index is 4.63. The molecule has 0 aromatic heterocycles. The highest BCUT2D eigenvalue weighted by Crippen LogP contribution is 1.88. The molecule has 0 saturated heterocycles. The van der Waals surface area contributed by atoms with Crippen molar-refractivity contribution in [3.63, 3.8) is 0 Å². The molecule has 8 heavy (non-hydrogen) atoms. The third kappa shape index (κ3) is 5.83. The van der Waals surface area contributed by atoms with Crippen LogP contribution in [-0.4, -0.2) is 5.37 Å². The molecule has 0 rings (SSSR count). The fraction of sp³-hybridized carbons (Fsp3) is 0.571. The van der Waals surface area contributed by atoms with Crippen molar-refractivity contribution in [1.29, 1.82) is 0 Å². The normalized spacial score (nSPS) is 10.1. The number of thiocarbonyl (C=S) groups is 1. The largest absolute Gasteiger partial charge is 0.0931 e. The van der Waals surface area contributed by atoms with Crippen LogP contribution >= 0.6 is 12.2 Å². The molecule has 0 fully saturated rings. The van der Waals surface area contributed by atoms with Gasteiger partial charge in [-0.15, -0.1) is 0 Å². The molecule has 0 aliphatic carbocycles. The zero-order valence-electron chi connectivity index (χ0n) is 5.26. The number of hydrogen-bond acceptors (Lipinski definition) is 1. The highest BCUT2D eigenvalue weighted by atomic mass is 32.1. The molecule has 0 bridgehead atoms. The zero-order chi connectivity index (χ0) is 6.24. The Morgan fingerprint density at radius 2 is 2.12 bits per heavy atom. The first-order valence-corrected chi connectivity index (χ1v) is 3.47. The Morgan fingerprint density at radius 3 is 2.62 bits per heavy atom. The van der Waals surface area contributed by atoms with Gasteiger partial charge in [0.1, 0.15) is 0 Å². The van der Waals surface area contributed by atoms with Crippen LogP contribution in [0.3, 0.4) is 0 Å². The van der Waals surface area contributed by atoms with Gasteiger partial charge in [-0.3, -0.25) is 0 Å². The van der Waals surface area contributed by atoms with Crippen molar-refractivity contribution >= 4 is 17.6 Å². The summed E-state index contributed by atoms with van der Waals surface area (Å²) in [7, 11) is 0. The monoisotopic (exact) mass is 128 g/mol. The van der Waals surface area contributed by atoms with Crippen molar-refractivity contribution in [3.8, 4) is 0 Å². The topological polar surface area (TPSA) is 0 Å². The van der Waals surface area contributed by atoms with Crippen molar-refractivity contribution in [1.82, 2.24) is 0 Å². The maximum Gasteiger partial charge on any atom is -0.00639 e. The zero-order valence-corrected chi connectivity index (χ0v) is 6.08. The van der Waals surface area contributed by atoms with E-state index in [0.29, 0.717) is 0 Å². The average Bonchev–Trinajstić information content (AvgIpc) is 1.81. The predicted molar refractivity (Wildman–Crippen MR) is 42.3 cm³/mol. The van der Waals surface area contributed by atoms with E-state index in [1.807, 2.05) is 0 Å². The Morgan fingerprint density at radius 1 is 1.38 bits per heavy atom. The number of allylic oxidation sites excluding steroid dienone is 2. The van der Waals surface area contributed by atoms with E-state index in [1.54, 1.807) is 5.37 Å². The molecule has 0 saturated carbocycles. The van der Waals surface area contributed by atoms with Crippen molar-refractivity contribution in [2.45, 2.75) is 26.2 Å². The number of rotatable bonds is 4. The molecule has 0 amide bonds. The Bertz CT molecular complexity index is 74.5. The van der Waals surface area contributed by atoms with E-state index in [0.717, 1.165) is 6.42 Å². The Labute approximate surface area is 56.6 Å². The molecule has 0 nitrogen and oxygen atoms in total. The second kappa shape index (κ2) is 6.83. The molecular weight excluding hydrogens is 116 g/mol. The van der Waals surface area contributed by atoms with E-state index in [4.69, 9.17) is 0 Å². The van der Waals surface area contributed by atoms with Gasteiger partial charge in [-0.05, 0) is 18.2 Å². The SMILES string of the molecule is CCC/C=C/CC=S. The molecule has 46 valence electrons. The average molecular weight is 128 g/mol. The summed E-state index contributed by atoms with van der Waals surface area (Å²) in [6, 6.07) is 0. The molecule has 0 aromatic rings. The summed E-state index contributed by atoms with van der Waals surface area (Å²) in [6.45, 7) is 2.17. The lowest BCUT2D eigenvalue weighted by Gasteiger charge is -1.80. The van der Waals surface area contributed by atoms with Gasteiger partial charge < -0.3 is 0 Å². The summed E-state index contributed by atoms with van der Waals surface area (Å²) in [4.78, 5) is 0. The van der Waals surface area contributed by atoms with Crippen LogP contribution < -0.4 is 0 Å². The van der Waals surface area contributed by atoms with Gasteiger partial charge in [0.05, 0.1) is 0 Å². The van der Waals surface area contributed by atoms with E-state index in [9.17, 15) is 0 Å². The molecule has 0 N–H and O–H groups in total. The van der Waals surface area contributed by atoms with Gasteiger partial charge in [-0.25, -0.2) is 0 Å². The molecule has 0 aliphatic heterocycles. The summed E-state index contributed by atoms with van der Waals surface area (Å²) < 4.78 is 0. The molecular formula is C7H12S. The van der Waals surface area contributed by atoms with E-state index in [-0.39, 0.29) is 0 Å². The lowest BCUT2D eigenvalue weighted by Crippen LogP contribution is -1.63. The summed E-state index contributed by atoms with van der Waals surface area (Å²) in [5.41, 5.74) is 0. The van der Waals surface area contributed by atoms with E-state index in [1.165, 1.54) is 12.8 Å². The van der Waals surface area contributed by atoms with Gasteiger partial charge in [0.25, 0.3) is 0 Å². The van der Waals surface area contributed by atoms with E-state index >= 15 is 0 Å². The Balaban J connectivity index is 2.94. The summed E-state index contributed by atoms with van der Waals surface area (Å²) >= 11 is 4.63. The van der Waals surface area contributed by atoms with Crippen LogP contribution in [0.25, 0.3) is 0 Å². The Hall–Kier alpha value is -0.170. The lowest BCUT2D eigenvalue weighted by atomic mass is 10.3. The maximum absolute atomic E-state index is 4.63. The molecule has 0 radical (unpaired) electrons. The smallest absolute Gasteiger partial charge is 0.00639 e. The molecule has 0 aromatic carbocycles. The highest BCUT2D eigenvalue weighted by molar-refractivity contribution is 7.78. The standard InChI is InChI=1S/C7H12S/c1-2-3-4-5-6-7-8/h4-5,7H,2-3,6H2,1H3/b5-4+. The minimum Gasteiger partial charge on any atom is -0.0931 e. The third-order valence-corrected chi connectivity index (χ3v) is 1.05. The third-order valence-electron chi connectivity index (χ3n) is 0.854. The minimum absolute atomic E-state index is 0.940. The van der Waals surface area contributed by atoms with Gasteiger partial charge in [0.2, 0.25) is 0 Å². The second-order valence-corrected chi connectivity index (χ2v) is 2.00. The summed E-state index contributed by atoms with van der Waals surface area (Å²) in [5.74, 6) is 0. The van der Waals surface area contributed by atoms with Crippen LogP contribution in [-0.2, 0) is 0 Å². The summed E-state index contributed by atoms with van der Waals surface area (Å²) in [6.07, 6.45) is 7.63. The molecule has 0 atom stereocenters. The number of unbranched alkanes of at least 4 members (excludes halogenated alkanes) is 1. The molecule has 0 unspecified atom stereocenters. The quantitative estimate of drug-likeness (QED) is 0.414. The first kappa shape index (κ1) is 7.83. The van der Waals surface area contributed by atoms with Gasteiger partial charge in [-0.1, -0.05) is 37.7 Å². The van der Waals surface area contributed by atoms with Crippen LogP contribution in [0.5, 0.6) is 0 Å². The summed E-state index contributed by atoms with van der Waals surface area (Å²) in [5, 5.41) is 1.74. The first-order chi connectivity index (χ1) is 3.91. The fourth-order valence-corrected chi connectivity index (χ4v) is 0.547. The van der Waals surface area contributed by atoms with Crippen molar-refractivity contribution in [2.75, 3.05) is 0 Å². The van der Waals surface area contributed by atoms with Crippen molar-refractivity contribution in [3.05, 3.63) is 12.2 Å². The van der Waals surface area contributed by atoms with Crippen LogP contribution in [0.1, 0.15) is 26.2 Å². The van der Waals surface area contributed by atoms with Crippen LogP contribution in [0.4, 0.5) is 0 Å². The fourth-order valence-electron chi connectivity index (χ4n) is 0.436. The van der Waals surface area contributed by atoms with Gasteiger partial charge >= 0.3 is 0 Å². The van der Waals surface area contributed by atoms with Crippen molar-refractivity contribution in [2.24, 2.45) is 0 Å². The van der Waals surface area contributed by atoms with Crippen LogP contribution in [0, 0.1) is 0 Å².